The van der Waals surface area contributed by atoms with Gasteiger partial charge in [0.25, 0.3) is 0 Å². The van der Waals surface area contributed by atoms with Crippen LogP contribution in [0.3, 0.4) is 0 Å². The molecule has 92 valence electrons. The Morgan fingerprint density at radius 3 is 2.27 bits per heavy atom. The molecular formula is C9H20O6. The highest BCUT2D eigenvalue weighted by Crippen LogP contribution is 2.01. The minimum Gasteiger partial charge on any atom is -0.382 e. The monoisotopic (exact) mass is 224 g/mol. The molecule has 6 nitrogen and oxygen atoms in total. The lowest BCUT2D eigenvalue weighted by atomic mass is 10.4. The van der Waals surface area contributed by atoms with E-state index in [1.54, 1.807) is 14.2 Å². The van der Waals surface area contributed by atoms with Crippen LogP contribution in [0.5, 0.6) is 0 Å². The first kappa shape index (κ1) is 14.8. The zero-order valence-corrected chi connectivity index (χ0v) is 9.56. The molecule has 0 aromatic heterocycles. The molecule has 0 N–H and O–H groups in total. The van der Waals surface area contributed by atoms with E-state index in [2.05, 4.69) is 4.89 Å². The van der Waals surface area contributed by atoms with Crippen molar-refractivity contribution in [2.24, 2.45) is 0 Å². The second kappa shape index (κ2) is 11.8. The summed E-state index contributed by atoms with van der Waals surface area (Å²) < 4.78 is 20.3. The van der Waals surface area contributed by atoms with Crippen molar-refractivity contribution in [3.8, 4) is 0 Å². The van der Waals surface area contributed by atoms with E-state index < -0.39 is 0 Å². The Bertz CT molecular complexity index is 111. The van der Waals surface area contributed by atoms with Crippen molar-refractivity contribution < 1.29 is 28.7 Å². The van der Waals surface area contributed by atoms with Gasteiger partial charge in [0.2, 0.25) is 0 Å². The van der Waals surface area contributed by atoms with E-state index >= 15 is 0 Å². The molecule has 0 heterocycles. The quantitative estimate of drug-likeness (QED) is 0.221. The lowest BCUT2D eigenvalue weighted by Crippen LogP contribution is -2.22. The van der Waals surface area contributed by atoms with Crippen molar-refractivity contribution in [3.05, 3.63) is 0 Å². The molecule has 6 heteroatoms. The third-order valence-corrected chi connectivity index (χ3v) is 1.52. The Labute approximate surface area is 90.3 Å². The van der Waals surface area contributed by atoms with Crippen LogP contribution in [0.1, 0.15) is 6.42 Å². The van der Waals surface area contributed by atoms with Crippen LogP contribution in [0.4, 0.5) is 0 Å². The van der Waals surface area contributed by atoms with E-state index in [0.29, 0.717) is 26.2 Å². The summed E-state index contributed by atoms with van der Waals surface area (Å²) in [6, 6.07) is 0. The van der Waals surface area contributed by atoms with Gasteiger partial charge in [-0.3, -0.25) is 0 Å². The summed E-state index contributed by atoms with van der Waals surface area (Å²) in [7, 11) is 4.62. The van der Waals surface area contributed by atoms with Crippen LogP contribution in [-0.2, 0) is 28.7 Å². The Hall–Kier alpha value is -0.240. The standard InChI is InChI=1S/C9H20O6/c1-10-6-7-13-9(14-8-11-2)4-5-15-12-3/h9H,4-8H2,1-3H3. The molecule has 1 unspecified atom stereocenters. The molecule has 0 amide bonds. The summed E-state index contributed by atoms with van der Waals surface area (Å²) in [5, 5.41) is 0. The van der Waals surface area contributed by atoms with E-state index in [4.69, 9.17) is 23.8 Å². The average molecular weight is 224 g/mol. The maximum absolute atomic E-state index is 5.37. The largest absolute Gasteiger partial charge is 0.382 e. The van der Waals surface area contributed by atoms with E-state index in [1.807, 2.05) is 0 Å². The zero-order chi connectivity index (χ0) is 11.4. The van der Waals surface area contributed by atoms with Gasteiger partial charge in [-0.15, -0.1) is 0 Å². The normalized spacial score (nSPS) is 13.0. The zero-order valence-electron chi connectivity index (χ0n) is 9.56. The van der Waals surface area contributed by atoms with Crippen LogP contribution in [0.25, 0.3) is 0 Å². The Kier molecular flexibility index (Phi) is 11.6. The van der Waals surface area contributed by atoms with Gasteiger partial charge in [0.05, 0.1) is 26.9 Å². The van der Waals surface area contributed by atoms with Gasteiger partial charge >= 0.3 is 0 Å². The fraction of sp³-hybridized carbons (Fsp3) is 1.00. The Morgan fingerprint density at radius 1 is 0.867 bits per heavy atom. The van der Waals surface area contributed by atoms with Crippen molar-refractivity contribution in [1.29, 1.82) is 0 Å². The second-order valence-corrected chi connectivity index (χ2v) is 2.64. The van der Waals surface area contributed by atoms with E-state index in [9.17, 15) is 0 Å². The fourth-order valence-electron chi connectivity index (χ4n) is 0.849. The molecule has 0 radical (unpaired) electrons. The van der Waals surface area contributed by atoms with E-state index in [0.717, 1.165) is 0 Å². The van der Waals surface area contributed by atoms with Crippen LogP contribution in [-0.4, -0.2) is 54.2 Å². The summed E-state index contributed by atoms with van der Waals surface area (Å²) in [6.07, 6.45) is 0.205. The van der Waals surface area contributed by atoms with Gasteiger partial charge in [-0.1, -0.05) is 0 Å². The van der Waals surface area contributed by atoms with E-state index in [-0.39, 0.29) is 13.1 Å². The first-order valence-electron chi connectivity index (χ1n) is 4.71. The van der Waals surface area contributed by atoms with Crippen molar-refractivity contribution in [1.82, 2.24) is 0 Å². The molecular weight excluding hydrogens is 204 g/mol. The molecule has 0 aromatic rings. The summed E-state index contributed by atoms with van der Waals surface area (Å²) in [5.41, 5.74) is 0. The highest BCUT2D eigenvalue weighted by atomic mass is 17.2. The molecule has 0 aliphatic carbocycles. The number of hydrogen-bond donors (Lipinski definition) is 0. The van der Waals surface area contributed by atoms with Gasteiger partial charge in [0.15, 0.2) is 6.29 Å². The highest BCUT2D eigenvalue weighted by Gasteiger charge is 2.09. The maximum atomic E-state index is 5.37. The topological polar surface area (TPSA) is 55.4 Å². The van der Waals surface area contributed by atoms with Gasteiger partial charge in [-0.05, 0) is 0 Å². The lowest BCUT2D eigenvalue weighted by Gasteiger charge is -2.17. The van der Waals surface area contributed by atoms with Crippen LogP contribution in [0.2, 0.25) is 0 Å². The van der Waals surface area contributed by atoms with Crippen molar-refractivity contribution in [3.63, 3.8) is 0 Å². The van der Waals surface area contributed by atoms with Crippen molar-refractivity contribution in [2.75, 3.05) is 47.9 Å². The van der Waals surface area contributed by atoms with Gasteiger partial charge in [-0.25, -0.2) is 9.78 Å². The summed E-state index contributed by atoms with van der Waals surface area (Å²) in [5.74, 6) is 0. The van der Waals surface area contributed by atoms with Gasteiger partial charge in [-0.2, -0.15) is 0 Å². The third-order valence-electron chi connectivity index (χ3n) is 1.52. The highest BCUT2D eigenvalue weighted by molar-refractivity contribution is 4.43. The van der Waals surface area contributed by atoms with Crippen LogP contribution >= 0.6 is 0 Å². The first-order chi connectivity index (χ1) is 7.35. The number of methoxy groups -OCH3 is 2. The average Bonchev–Trinajstić information content (AvgIpc) is 2.25. The minimum atomic E-state index is -0.366. The van der Waals surface area contributed by atoms with Crippen LogP contribution in [0, 0.1) is 0 Å². The molecule has 15 heavy (non-hydrogen) atoms. The molecule has 0 spiro atoms. The first-order valence-corrected chi connectivity index (χ1v) is 4.71. The molecule has 0 aliphatic heterocycles. The fourth-order valence-corrected chi connectivity index (χ4v) is 0.849. The maximum Gasteiger partial charge on any atom is 0.162 e. The number of ether oxygens (including phenoxy) is 4. The predicted octanol–water partition coefficient (Wildman–Crippen LogP) is 0.564. The molecule has 0 aliphatic rings. The third kappa shape index (κ3) is 10.1. The van der Waals surface area contributed by atoms with Crippen LogP contribution < -0.4 is 0 Å². The second-order valence-electron chi connectivity index (χ2n) is 2.64. The molecule has 0 fully saturated rings. The summed E-state index contributed by atoms with van der Waals surface area (Å²) in [4.78, 5) is 9.17. The van der Waals surface area contributed by atoms with E-state index in [1.165, 1.54) is 7.11 Å². The molecule has 0 rings (SSSR count). The van der Waals surface area contributed by atoms with Gasteiger partial charge in [0, 0.05) is 20.6 Å². The predicted molar refractivity (Wildman–Crippen MR) is 52.2 cm³/mol. The minimum absolute atomic E-state index is 0.185. The van der Waals surface area contributed by atoms with Crippen molar-refractivity contribution in [2.45, 2.75) is 12.7 Å². The number of hydrogen-bond acceptors (Lipinski definition) is 6. The molecule has 1 atom stereocenters. The number of rotatable bonds is 11. The Balaban J connectivity index is 3.53. The van der Waals surface area contributed by atoms with Gasteiger partial charge < -0.3 is 18.9 Å². The molecule has 0 aromatic carbocycles. The van der Waals surface area contributed by atoms with Crippen molar-refractivity contribution >= 4 is 0 Å². The summed E-state index contributed by atoms with van der Waals surface area (Å²) in [6.45, 7) is 1.58. The molecule has 0 bridgehead atoms. The smallest absolute Gasteiger partial charge is 0.162 e. The summed E-state index contributed by atoms with van der Waals surface area (Å²) >= 11 is 0. The Morgan fingerprint density at radius 2 is 1.67 bits per heavy atom. The van der Waals surface area contributed by atoms with Crippen LogP contribution in [0.15, 0.2) is 0 Å². The van der Waals surface area contributed by atoms with Gasteiger partial charge in [0.1, 0.15) is 6.79 Å². The lowest BCUT2D eigenvalue weighted by molar-refractivity contribution is -0.285. The SMILES string of the molecule is COCCOC(CCOOC)OCOC. The molecule has 0 saturated carbocycles. The molecule has 0 saturated heterocycles.